The summed E-state index contributed by atoms with van der Waals surface area (Å²) in [7, 11) is 0. The Hall–Kier alpha value is -0.340. The highest BCUT2D eigenvalue weighted by molar-refractivity contribution is 5.25. The van der Waals surface area contributed by atoms with E-state index in [1.165, 1.54) is 57.8 Å². The highest BCUT2D eigenvalue weighted by Gasteiger charge is 2.59. The monoisotopic (exact) mass is 402 g/mol. The Bertz CT molecular complexity index is 610. The Morgan fingerprint density at radius 1 is 1.10 bits per heavy atom. The lowest BCUT2D eigenvalue weighted by Crippen LogP contribution is -2.51. The second-order valence-corrected chi connectivity index (χ2v) is 11.8. The predicted molar refractivity (Wildman–Crippen MR) is 121 cm³/mol. The van der Waals surface area contributed by atoms with E-state index in [-0.39, 0.29) is 12.2 Å². The number of aliphatic hydroxyl groups excluding tert-OH is 2. The number of fused-ring (bicyclic) bond motifs is 5. The van der Waals surface area contributed by atoms with Crippen molar-refractivity contribution in [2.24, 2.45) is 40.4 Å². The molecule has 2 N–H and O–H groups in total. The van der Waals surface area contributed by atoms with Gasteiger partial charge in [-0.1, -0.05) is 45.8 Å². The zero-order valence-electron chi connectivity index (χ0n) is 19.5. The Labute approximate surface area is 179 Å². The Morgan fingerprint density at radius 2 is 1.90 bits per heavy atom. The van der Waals surface area contributed by atoms with Crippen molar-refractivity contribution in [3.8, 4) is 0 Å². The van der Waals surface area contributed by atoms with E-state index >= 15 is 0 Å². The molecule has 0 saturated heterocycles. The van der Waals surface area contributed by atoms with Crippen LogP contribution in [0.1, 0.15) is 105 Å². The summed E-state index contributed by atoms with van der Waals surface area (Å²) in [4.78, 5) is 0. The number of rotatable bonds is 6. The van der Waals surface area contributed by atoms with Crippen LogP contribution >= 0.6 is 0 Å². The van der Waals surface area contributed by atoms with Crippen LogP contribution in [0.4, 0.5) is 0 Å². The lowest BCUT2D eigenvalue weighted by atomic mass is 9.46. The third-order valence-electron chi connectivity index (χ3n) is 10.5. The predicted octanol–water partition coefficient (Wildman–Crippen LogP) is 6.50. The summed E-state index contributed by atoms with van der Waals surface area (Å²) in [6.45, 7) is 9.29. The van der Waals surface area contributed by atoms with Crippen molar-refractivity contribution in [3.63, 3.8) is 0 Å². The van der Waals surface area contributed by atoms with Gasteiger partial charge in [-0.05, 0) is 111 Å². The molecular formula is C27H46O2. The number of hydrogen-bond donors (Lipinski definition) is 2. The SMILES string of the molecule is CC[C@]12CCC3C(CC=C4C[C@@H](O)CCC43C)C1CCC2CCC[C@@H](O)C(C)C. The molecule has 4 rings (SSSR count). The molecule has 0 aromatic heterocycles. The molecule has 0 aliphatic heterocycles. The van der Waals surface area contributed by atoms with Crippen molar-refractivity contribution >= 4 is 0 Å². The van der Waals surface area contributed by atoms with Crippen LogP contribution in [0.5, 0.6) is 0 Å². The van der Waals surface area contributed by atoms with Crippen molar-refractivity contribution in [2.45, 2.75) is 117 Å². The molecular weight excluding hydrogens is 356 g/mol. The number of aliphatic hydroxyl groups is 2. The summed E-state index contributed by atoms with van der Waals surface area (Å²) >= 11 is 0. The first-order chi connectivity index (χ1) is 13.8. The molecule has 0 amide bonds. The van der Waals surface area contributed by atoms with E-state index in [1.54, 1.807) is 5.57 Å². The van der Waals surface area contributed by atoms with Crippen LogP contribution in [0.3, 0.4) is 0 Å². The molecule has 3 fully saturated rings. The second-order valence-electron chi connectivity index (χ2n) is 11.8. The summed E-state index contributed by atoms with van der Waals surface area (Å²) in [5.74, 6) is 3.90. The Morgan fingerprint density at radius 3 is 2.62 bits per heavy atom. The molecule has 4 aliphatic carbocycles. The summed E-state index contributed by atoms with van der Waals surface area (Å²) in [6, 6.07) is 0. The van der Waals surface area contributed by atoms with E-state index in [9.17, 15) is 10.2 Å². The van der Waals surface area contributed by atoms with Gasteiger partial charge in [0.15, 0.2) is 0 Å². The molecule has 2 heteroatoms. The molecule has 4 aliphatic rings. The van der Waals surface area contributed by atoms with Gasteiger partial charge < -0.3 is 10.2 Å². The van der Waals surface area contributed by atoms with Gasteiger partial charge in [0, 0.05) is 0 Å². The van der Waals surface area contributed by atoms with Gasteiger partial charge in [-0.2, -0.15) is 0 Å². The van der Waals surface area contributed by atoms with Gasteiger partial charge in [-0.15, -0.1) is 0 Å². The highest BCUT2D eigenvalue weighted by atomic mass is 16.3. The number of allylic oxidation sites excluding steroid dienone is 1. The zero-order chi connectivity index (χ0) is 20.8. The normalized spacial score (nSPS) is 45.3. The lowest BCUT2D eigenvalue weighted by Gasteiger charge is -2.58. The fourth-order valence-electron chi connectivity index (χ4n) is 8.63. The Balaban J connectivity index is 1.48. The van der Waals surface area contributed by atoms with Gasteiger partial charge in [0.1, 0.15) is 0 Å². The molecule has 0 aromatic rings. The van der Waals surface area contributed by atoms with Crippen LogP contribution in [-0.4, -0.2) is 22.4 Å². The maximum absolute atomic E-state index is 10.2. The molecule has 0 aromatic carbocycles. The molecule has 29 heavy (non-hydrogen) atoms. The molecule has 0 radical (unpaired) electrons. The Kier molecular flexibility index (Phi) is 6.26. The van der Waals surface area contributed by atoms with Crippen LogP contribution in [-0.2, 0) is 0 Å². The van der Waals surface area contributed by atoms with Crippen molar-refractivity contribution in [1.29, 1.82) is 0 Å². The van der Waals surface area contributed by atoms with Crippen molar-refractivity contribution < 1.29 is 10.2 Å². The molecule has 0 heterocycles. The van der Waals surface area contributed by atoms with Crippen LogP contribution < -0.4 is 0 Å². The van der Waals surface area contributed by atoms with Crippen LogP contribution in [0.15, 0.2) is 11.6 Å². The fraction of sp³-hybridized carbons (Fsp3) is 0.926. The van der Waals surface area contributed by atoms with E-state index in [4.69, 9.17) is 0 Å². The first-order valence-electron chi connectivity index (χ1n) is 12.9. The average molecular weight is 403 g/mol. The lowest BCUT2D eigenvalue weighted by molar-refractivity contribution is -0.0616. The van der Waals surface area contributed by atoms with E-state index in [0.29, 0.717) is 16.7 Å². The third kappa shape index (κ3) is 3.65. The molecule has 3 saturated carbocycles. The quantitative estimate of drug-likeness (QED) is 0.498. The van der Waals surface area contributed by atoms with Gasteiger partial charge >= 0.3 is 0 Å². The first-order valence-corrected chi connectivity index (χ1v) is 12.9. The molecule has 5 unspecified atom stereocenters. The topological polar surface area (TPSA) is 40.5 Å². The maximum Gasteiger partial charge on any atom is 0.0577 e. The van der Waals surface area contributed by atoms with Gasteiger partial charge in [0.2, 0.25) is 0 Å². The number of hydrogen-bond acceptors (Lipinski definition) is 2. The summed E-state index contributed by atoms with van der Waals surface area (Å²) in [6.07, 6.45) is 17.3. The first kappa shape index (κ1) is 21.9. The maximum atomic E-state index is 10.2. The molecule has 0 bridgehead atoms. The van der Waals surface area contributed by atoms with Gasteiger partial charge in [0.25, 0.3) is 0 Å². The van der Waals surface area contributed by atoms with Crippen LogP contribution in [0, 0.1) is 40.4 Å². The standard InChI is InChI=1S/C27H46O2/c1-5-27-16-14-23-22(11-9-20-17-21(28)13-15-26(20,23)4)24(27)12-10-19(27)7-6-8-25(29)18(2)3/h9,18-19,21-25,28-29H,5-8,10-17H2,1-4H3/t19?,21-,22?,23?,24?,25+,26?,27+/m0/s1. The van der Waals surface area contributed by atoms with Crippen LogP contribution in [0.25, 0.3) is 0 Å². The smallest absolute Gasteiger partial charge is 0.0577 e. The molecule has 166 valence electrons. The third-order valence-corrected chi connectivity index (χ3v) is 10.5. The largest absolute Gasteiger partial charge is 0.393 e. The van der Waals surface area contributed by atoms with Crippen LogP contribution in [0.2, 0.25) is 0 Å². The summed E-state index contributed by atoms with van der Waals surface area (Å²) in [5, 5.41) is 20.5. The van der Waals surface area contributed by atoms with Crippen molar-refractivity contribution in [3.05, 3.63) is 11.6 Å². The van der Waals surface area contributed by atoms with Crippen molar-refractivity contribution in [1.82, 2.24) is 0 Å². The summed E-state index contributed by atoms with van der Waals surface area (Å²) < 4.78 is 0. The molecule has 2 nitrogen and oxygen atoms in total. The van der Waals surface area contributed by atoms with E-state index in [1.807, 2.05) is 0 Å². The molecule has 8 atom stereocenters. The second kappa shape index (κ2) is 8.30. The fourth-order valence-corrected chi connectivity index (χ4v) is 8.63. The zero-order valence-corrected chi connectivity index (χ0v) is 19.5. The highest BCUT2D eigenvalue weighted by Crippen LogP contribution is 2.67. The summed E-state index contributed by atoms with van der Waals surface area (Å²) in [5.41, 5.74) is 2.53. The minimum absolute atomic E-state index is 0.0961. The van der Waals surface area contributed by atoms with E-state index in [0.717, 1.165) is 42.9 Å². The average Bonchev–Trinajstić information content (AvgIpc) is 3.07. The van der Waals surface area contributed by atoms with Gasteiger partial charge in [-0.25, -0.2) is 0 Å². The van der Waals surface area contributed by atoms with E-state index in [2.05, 4.69) is 33.8 Å². The van der Waals surface area contributed by atoms with E-state index < -0.39 is 0 Å². The van der Waals surface area contributed by atoms with Gasteiger partial charge in [0.05, 0.1) is 12.2 Å². The molecule has 0 spiro atoms. The van der Waals surface area contributed by atoms with Crippen molar-refractivity contribution in [2.75, 3.05) is 0 Å². The minimum Gasteiger partial charge on any atom is -0.393 e. The van der Waals surface area contributed by atoms with Gasteiger partial charge in [-0.3, -0.25) is 0 Å². The minimum atomic E-state index is -0.121.